The molecule has 1 saturated heterocycles. The number of nitrogens with zero attached hydrogens (tertiary/aromatic N) is 6. The molecule has 1 aliphatic heterocycles. The molecule has 0 aliphatic carbocycles. The molecule has 4 rings (SSSR count). The lowest BCUT2D eigenvalue weighted by Gasteiger charge is -2.35. The molecule has 6 nitrogen and oxygen atoms in total. The Balaban J connectivity index is 1.47. The summed E-state index contributed by atoms with van der Waals surface area (Å²) in [5.74, 6) is 1.94. The van der Waals surface area contributed by atoms with E-state index in [0.717, 1.165) is 48.5 Å². The van der Waals surface area contributed by atoms with E-state index in [1.807, 2.05) is 31.1 Å². The topological polar surface area (TPSA) is 48.4 Å². The standard InChI is InChI=1S/C17H20N6S/c1-21(2)15-11-16(19-12-18-15)22-7-9-23(10-8-22)17-20-13-5-3-4-6-14(13)24-17/h3-6,11-12H,7-10H2,1-2H3. The fourth-order valence-electron chi connectivity index (χ4n) is 2.88. The van der Waals surface area contributed by atoms with Gasteiger partial charge in [-0.2, -0.15) is 0 Å². The van der Waals surface area contributed by atoms with E-state index in [0.29, 0.717) is 0 Å². The third-order valence-corrected chi connectivity index (χ3v) is 5.35. The molecule has 0 unspecified atom stereocenters. The molecule has 2 aromatic heterocycles. The molecule has 3 heterocycles. The number of aromatic nitrogens is 3. The van der Waals surface area contributed by atoms with Gasteiger partial charge in [-0.15, -0.1) is 0 Å². The molecule has 0 atom stereocenters. The predicted octanol–water partition coefficient (Wildman–Crippen LogP) is 2.48. The van der Waals surface area contributed by atoms with E-state index < -0.39 is 0 Å². The van der Waals surface area contributed by atoms with Gasteiger partial charge in [-0.05, 0) is 12.1 Å². The van der Waals surface area contributed by atoms with E-state index in [1.54, 1.807) is 17.7 Å². The van der Waals surface area contributed by atoms with Crippen molar-refractivity contribution in [1.82, 2.24) is 15.0 Å². The first-order valence-electron chi connectivity index (χ1n) is 8.05. The number of piperazine rings is 1. The molecule has 24 heavy (non-hydrogen) atoms. The second-order valence-corrected chi connectivity index (χ2v) is 7.08. The number of benzene rings is 1. The molecule has 0 amide bonds. The van der Waals surface area contributed by atoms with Crippen molar-refractivity contribution in [3.63, 3.8) is 0 Å². The summed E-state index contributed by atoms with van der Waals surface area (Å²) in [6, 6.07) is 10.4. The fraction of sp³-hybridized carbons (Fsp3) is 0.353. The zero-order valence-electron chi connectivity index (χ0n) is 13.9. The maximum atomic E-state index is 4.77. The van der Waals surface area contributed by atoms with Crippen LogP contribution in [0.2, 0.25) is 0 Å². The van der Waals surface area contributed by atoms with E-state index in [1.165, 1.54) is 4.70 Å². The van der Waals surface area contributed by atoms with E-state index in [4.69, 9.17) is 4.98 Å². The lowest BCUT2D eigenvalue weighted by molar-refractivity contribution is 0.646. The van der Waals surface area contributed by atoms with Gasteiger partial charge < -0.3 is 14.7 Å². The Kier molecular flexibility index (Phi) is 3.93. The van der Waals surface area contributed by atoms with E-state index in [-0.39, 0.29) is 0 Å². The molecule has 1 fully saturated rings. The molecule has 7 heteroatoms. The molecule has 0 spiro atoms. The third-order valence-electron chi connectivity index (χ3n) is 4.25. The highest BCUT2D eigenvalue weighted by atomic mass is 32.1. The molecule has 3 aromatic rings. The average Bonchev–Trinajstić information content (AvgIpc) is 3.06. The maximum absolute atomic E-state index is 4.77. The quantitative estimate of drug-likeness (QED) is 0.730. The summed E-state index contributed by atoms with van der Waals surface area (Å²) in [4.78, 5) is 20.2. The number of anilines is 3. The molecule has 1 aliphatic rings. The zero-order chi connectivity index (χ0) is 16.5. The molecule has 0 radical (unpaired) electrons. The molecule has 0 bridgehead atoms. The highest BCUT2D eigenvalue weighted by Gasteiger charge is 2.21. The number of para-hydroxylation sites is 1. The van der Waals surface area contributed by atoms with Gasteiger partial charge in [0.2, 0.25) is 0 Å². The first-order valence-corrected chi connectivity index (χ1v) is 8.87. The van der Waals surface area contributed by atoms with Crippen LogP contribution in [0.1, 0.15) is 0 Å². The van der Waals surface area contributed by atoms with E-state index in [9.17, 15) is 0 Å². The van der Waals surface area contributed by atoms with Crippen LogP contribution in [0.4, 0.5) is 16.8 Å². The number of hydrogen-bond donors (Lipinski definition) is 0. The van der Waals surface area contributed by atoms with Gasteiger partial charge in [0.25, 0.3) is 0 Å². The first-order chi connectivity index (χ1) is 11.7. The Morgan fingerprint density at radius 3 is 2.50 bits per heavy atom. The second-order valence-electron chi connectivity index (χ2n) is 6.07. The van der Waals surface area contributed by atoms with Crippen molar-refractivity contribution in [1.29, 1.82) is 0 Å². The molecule has 124 valence electrons. The summed E-state index contributed by atoms with van der Waals surface area (Å²) in [6.45, 7) is 3.81. The SMILES string of the molecule is CN(C)c1cc(N2CCN(c3nc4ccccc4s3)CC2)ncn1. The number of thiazole rings is 1. The minimum absolute atomic E-state index is 0.939. The van der Waals surface area contributed by atoms with Crippen LogP contribution in [0.15, 0.2) is 36.7 Å². The summed E-state index contributed by atoms with van der Waals surface area (Å²) >= 11 is 1.77. The lowest BCUT2D eigenvalue weighted by Crippen LogP contribution is -2.46. The molecule has 0 saturated carbocycles. The summed E-state index contributed by atoms with van der Waals surface area (Å²) in [5, 5.41) is 1.12. The Labute approximate surface area is 145 Å². The third kappa shape index (κ3) is 2.87. The van der Waals surface area contributed by atoms with Crippen LogP contribution in [0.5, 0.6) is 0 Å². The maximum Gasteiger partial charge on any atom is 0.186 e. The lowest BCUT2D eigenvalue weighted by atomic mass is 10.3. The Morgan fingerprint density at radius 2 is 1.75 bits per heavy atom. The van der Waals surface area contributed by atoms with Crippen molar-refractivity contribution in [3.8, 4) is 0 Å². The van der Waals surface area contributed by atoms with Gasteiger partial charge in [0, 0.05) is 46.3 Å². The highest BCUT2D eigenvalue weighted by Crippen LogP contribution is 2.29. The number of hydrogen-bond acceptors (Lipinski definition) is 7. The fourth-order valence-corrected chi connectivity index (χ4v) is 3.89. The van der Waals surface area contributed by atoms with E-state index >= 15 is 0 Å². The summed E-state index contributed by atoms with van der Waals surface area (Å²) in [6.07, 6.45) is 1.64. The van der Waals surface area contributed by atoms with Gasteiger partial charge in [-0.1, -0.05) is 23.5 Å². The Morgan fingerprint density at radius 1 is 1.00 bits per heavy atom. The predicted molar refractivity (Wildman–Crippen MR) is 100 cm³/mol. The minimum Gasteiger partial charge on any atom is -0.363 e. The van der Waals surface area contributed by atoms with Crippen LogP contribution in [0, 0.1) is 0 Å². The molecular formula is C17H20N6S. The smallest absolute Gasteiger partial charge is 0.186 e. The highest BCUT2D eigenvalue weighted by molar-refractivity contribution is 7.22. The summed E-state index contributed by atoms with van der Waals surface area (Å²) < 4.78 is 1.25. The Hall–Kier alpha value is -2.41. The van der Waals surface area contributed by atoms with Gasteiger partial charge >= 0.3 is 0 Å². The normalized spacial score (nSPS) is 15.1. The van der Waals surface area contributed by atoms with Crippen LogP contribution in [0.3, 0.4) is 0 Å². The molecule has 1 aromatic carbocycles. The average molecular weight is 340 g/mol. The van der Waals surface area contributed by atoms with Crippen molar-refractivity contribution in [3.05, 3.63) is 36.7 Å². The van der Waals surface area contributed by atoms with Crippen LogP contribution in [-0.2, 0) is 0 Å². The van der Waals surface area contributed by atoms with Gasteiger partial charge in [-0.3, -0.25) is 0 Å². The van der Waals surface area contributed by atoms with Crippen LogP contribution in [-0.4, -0.2) is 55.2 Å². The molecular weight excluding hydrogens is 320 g/mol. The van der Waals surface area contributed by atoms with Crippen LogP contribution >= 0.6 is 11.3 Å². The van der Waals surface area contributed by atoms with Gasteiger partial charge in [-0.25, -0.2) is 15.0 Å². The zero-order valence-corrected chi connectivity index (χ0v) is 14.7. The monoisotopic (exact) mass is 340 g/mol. The van der Waals surface area contributed by atoms with Gasteiger partial charge in [0.05, 0.1) is 10.2 Å². The minimum atomic E-state index is 0.939. The Bertz CT molecular complexity index is 805. The van der Waals surface area contributed by atoms with Gasteiger partial charge in [0.15, 0.2) is 5.13 Å². The first kappa shape index (κ1) is 15.1. The van der Waals surface area contributed by atoms with Crippen molar-refractivity contribution >= 4 is 38.3 Å². The summed E-state index contributed by atoms with van der Waals surface area (Å²) in [7, 11) is 3.99. The number of rotatable bonds is 3. The van der Waals surface area contributed by atoms with Crippen molar-refractivity contribution in [2.45, 2.75) is 0 Å². The summed E-state index contributed by atoms with van der Waals surface area (Å²) in [5.41, 5.74) is 1.09. The molecule has 0 N–H and O–H groups in total. The van der Waals surface area contributed by atoms with Gasteiger partial charge in [0.1, 0.15) is 18.0 Å². The number of fused-ring (bicyclic) bond motifs is 1. The van der Waals surface area contributed by atoms with Crippen molar-refractivity contribution in [2.24, 2.45) is 0 Å². The van der Waals surface area contributed by atoms with Crippen molar-refractivity contribution < 1.29 is 0 Å². The van der Waals surface area contributed by atoms with E-state index in [2.05, 4.69) is 38.0 Å². The second kappa shape index (κ2) is 6.24. The van der Waals surface area contributed by atoms with Crippen LogP contribution in [0.25, 0.3) is 10.2 Å². The van der Waals surface area contributed by atoms with Crippen LogP contribution < -0.4 is 14.7 Å². The van der Waals surface area contributed by atoms with Crippen molar-refractivity contribution in [2.75, 3.05) is 55.0 Å². The largest absolute Gasteiger partial charge is 0.363 e.